The summed E-state index contributed by atoms with van der Waals surface area (Å²) in [5.41, 5.74) is 16.0. The smallest absolute Gasteiger partial charge is 0.326 e. The average molecular weight is 1150 g/mol. The molecule has 0 aliphatic heterocycles. The maximum atomic E-state index is 13.0. The number of nitrogen functional groups attached to an aromatic ring is 2. The van der Waals surface area contributed by atoms with Crippen LogP contribution in [-0.2, 0) is 39.8 Å². The maximum Gasteiger partial charge on any atom is 0.326 e. The van der Waals surface area contributed by atoms with Crippen LogP contribution in [0.15, 0.2) is 55.0 Å². The molecule has 81 heavy (non-hydrogen) atoms. The first-order valence-electron chi connectivity index (χ1n) is 26.4. The number of nitrogens with two attached hydrogens (primary N) is 2. The molecule has 27 nitrogen and oxygen atoms in total. The minimum atomic E-state index is -1.29. The molecule has 28 heteroatoms. The minimum Gasteiger partial charge on any atom is -0.480 e. The molecule has 2 aromatic carbocycles. The summed E-state index contributed by atoms with van der Waals surface area (Å²) in [6.07, 6.45) is 3.04. The zero-order valence-corrected chi connectivity index (χ0v) is 47.1. The lowest BCUT2D eigenvalue weighted by atomic mass is 10.1. The summed E-state index contributed by atoms with van der Waals surface area (Å²) in [6.45, 7) is 12.0. The monoisotopic (exact) mass is 1140 g/mol. The van der Waals surface area contributed by atoms with Gasteiger partial charge in [0.05, 0.1) is 114 Å². The molecular weight excluding hydrogens is 1070 g/mol. The zero-order valence-electron chi connectivity index (χ0n) is 46.4. The summed E-state index contributed by atoms with van der Waals surface area (Å²) in [4.78, 5) is 84.9. The summed E-state index contributed by atoms with van der Waals surface area (Å²) in [7, 11) is 3.66. The fraction of sp³-hybridized carbons (Fsp3) is 0.491. The molecule has 0 fully saturated rings. The van der Waals surface area contributed by atoms with Crippen molar-refractivity contribution in [2.45, 2.75) is 65.2 Å². The summed E-state index contributed by atoms with van der Waals surface area (Å²) >= 11 is 6.65. The number of imidazole rings is 1. The van der Waals surface area contributed by atoms with Gasteiger partial charge in [0.25, 0.3) is 11.8 Å². The molecule has 0 bridgehead atoms. The Balaban J connectivity index is 0.749. The van der Waals surface area contributed by atoms with E-state index in [9.17, 15) is 29.4 Å². The van der Waals surface area contributed by atoms with E-state index in [0.29, 0.717) is 105 Å². The van der Waals surface area contributed by atoms with E-state index in [2.05, 4.69) is 46.2 Å². The van der Waals surface area contributed by atoms with Gasteiger partial charge in [0.2, 0.25) is 17.8 Å². The van der Waals surface area contributed by atoms with Crippen molar-refractivity contribution in [1.82, 2.24) is 55.4 Å². The number of aliphatic hydroxyl groups is 1. The molecule has 0 saturated carbocycles. The number of carbonyl (C=O) groups excluding carboxylic acids is 3. The van der Waals surface area contributed by atoms with Crippen molar-refractivity contribution in [2.75, 3.05) is 126 Å². The Kier molecular flexibility index (Phi) is 24.2. The molecule has 2 unspecified atom stereocenters. The lowest BCUT2D eigenvalue weighted by Gasteiger charge is -2.23. The molecule has 0 spiro atoms. The van der Waals surface area contributed by atoms with Crippen LogP contribution in [0.5, 0.6) is 0 Å². The lowest BCUT2D eigenvalue weighted by Crippen LogP contribution is -2.41. The third kappa shape index (κ3) is 18.7. The van der Waals surface area contributed by atoms with Gasteiger partial charge in [-0.05, 0) is 68.7 Å². The molecule has 438 valence electrons. The van der Waals surface area contributed by atoms with Crippen LogP contribution in [0, 0.1) is 5.92 Å². The number of aliphatic carboxylic acids is 1. The molecule has 4 aromatic heterocycles. The third-order valence-corrected chi connectivity index (χ3v) is 12.8. The topological polar surface area (TPSA) is 357 Å². The molecule has 4 heterocycles. The number of rotatable bonds is 35. The van der Waals surface area contributed by atoms with E-state index >= 15 is 0 Å². The number of nitrogens with one attached hydrogen (secondary N) is 4. The molecule has 0 aliphatic rings. The van der Waals surface area contributed by atoms with Crippen molar-refractivity contribution >= 4 is 92.5 Å². The van der Waals surface area contributed by atoms with Crippen LogP contribution in [0.2, 0.25) is 5.02 Å². The summed E-state index contributed by atoms with van der Waals surface area (Å²) in [6, 6.07) is 10.2. The number of nitrogens with zero attached hydrogens (tertiary/aromatic N) is 10. The summed E-state index contributed by atoms with van der Waals surface area (Å²) < 4.78 is 29.7. The largest absolute Gasteiger partial charge is 0.480 e. The Morgan fingerprint density at radius 2 is 1.36 bits per heavy atom. The number of hydrogen-bond donors (Lipinski definition) is 8. The van der Waals surface area contributed by atoms with Crippen LogP contribution < -0.4 is 42.5 Å². The van der Waals surface area contributed by atoms with Crippen molar-refractivity contribution in [3.63, 3.8) is 0 Å². The molecule has 0 aliphatic carbocycles. The molecule has 6 rings (SSSR count). The Bertz CT molecular complexity index is 3030. The van der Waals surface area contributed by atoms with Gasteiger partial charge in [0, 0.05) is 56.6 Å². The Hall–Kier alpha value is -7.66. The molecular formula is C53H73ClN16O11. The van der Waals surface area contributed by atoms with E-state index in [0.717, 1.165) is 5.69 Å². The first-order valence-corrected chi connectivity index (χ1v) is 26.8. The highest BCUT2D eigenvalue weighted by Crippen LogP contribution is 2.33. The fourth-order valence-electron chi connectivity index (χ4n) is 7.89. The summed E-state index contributed by atoms with van der Waals surface area (Å²) in [5.74, 6) is -1.45. The van der Waals surface area contributed by atoms with Gasteiger partial charge in [-0.15, -0.1) is 0 Å². The van der Waals surface area contributed by atoms with Crippen molar-refractivity contribution in [1.29, 1.82) is 0 Å². The maximum absolute atomic E-state index is 13.0. The molecule has 0 saturated heterocycles. The normalized spacial score (nSPS) is 12.2. The highest BCUT2D eigenvalue weighted by Gasteiger charge is 2.24. The van der Waals surface area contributed by atoms with Crippen molar-refractivity contribution in [2.24, 2.45) is 5.92 Å². The third-order valence-electron chi connectivity index (χ3n) is 12.5. The molecule has 2 atom stereocenters. The number of aliphatic hydroxyl groups excluding tert-OH is 1. The second-order valence-electron chi connectivity index (χ2n) is 19.2. The van der Waals surface area contributed by atoms with Gasteiger partial charge >= 0.3 is 5.97 Å². The number of hydrogen-bond acceptors (Lipinski definition) is 22. The van der Waals surface area contributed by atoms with E-state index in [4.69, 9.17) is 56.7 Å². The number of ether oxygens (including phenoxy) is 5. The average Bonchev–Trinajstić information content (AvgIpc) is 4.05. The van der Waals surface area contributed by atoms with Gasteiger partial charge in [-0.3, -0.25) is 14.4 Å². The minimum absolute atomic E-state index is 0.00286. The lowest BCUT2D eigenvalue weighted by molar-refractivity contribution is -0.139. The van der Waals surface area contributed by atoms with Crippen molar-refractivity contribution in [3.8, 4) is 0 Å². The van der Waals surface area contributed by atoms with Crippen LogP contribution >= 0.6 is 11.6 Å². The van der Waals surface area contributed by atoms with Gasteiger partial charge in [0.1, 0.15) is 6.04 Å². The number of carbonyl (C=O) groups is 4. The Labute approximate surface area is 473 Å². The van der Waals surface area contributed by atoms with Gasteiger partial charge in [-0.2, -0.15) is 19.9 Å². The fourth-order valence-corrected chi connectivity index (χ4v) is 8.15. The molecule has 10 N–H and O–H groups in total. The number of carboxylic acids is 1. The van der Waals surface area contributed by atoms with E-state index in [1.165, 1.54) is 0 Å². The standard InChI is InChI=1S/C53H73ClN16O11/c1-32(2)41(30-71)63-53-66-47(44-48(67-53)70(31-60-44)33(3)4)69(6)37-11-12-38(39(54)27-37)50(74)58-16-18-78-20-22-80-24-26-81-25-23-79-21-19-77-17-15-57-42(72)14-13-40(51(75)76)62-49(73)34-7-9-36(10-8-34)68(5)29-35-28-59-46-43(61-35)45(55)64-52(56)65-46/h7-12,27-28,31-33,40-41,71H,13-26,29-30H2,1-6H3,(H,57,72)(H,58,74)(H,62,73)(H,75,76)(H,63,66,67)(H4,55,56,59,64,65). The van der Waals surface area contributed by atoms with Crippen molar-refractivity contribution < 1.29 is 53.1 Å². The molecule has 3 amide bonds. The Morgan fingerprint density at radius 3 is 1.95 bits per heavy atom. The number of carboxylic acid groups (broad SMARTS) is 1. The van der Waals surface area contributed by atoms with Gasteiger partial charge < -0.3 is 81.0 Å². The second-order valence-corrected chi connectivity index (χ2v) is 19.6. The first kappa shape index (κ1) is 62.5. The zero-order chi connectivity index (χ0) is 58.4. The number of halogens is 1. The van der Waals surface area contributed by atoms with Gasteiger partial charge in [-0.25, -0.2) is 19.7 Å². The number of anilines is 6. The highest BCUT2D eigenvalue weighted by atomic mass is 35.5. The highest BCUT2D eigenvalue weighted by molar-refractivity contribution is 6.34. The molecule has 6 aromatic rings. The number of fused-ring (bicyclic) bond motifs is 2. The van der Waals surface area contributed by atoms with Crippen LogP contribution in [0.3, 0.4) is 0 Å². The predicted molar refractivity (Wildman–Crippen MR) is 305 cm³/mol. The van der Waals surface area contributed by atoms with Crippen LogP contribution in [0.1, 0.15) is 73.0 Å². The number of benzene rings is 2. The quantitative estimate of drug-likeness (QED) is 0.0264. The van der Waals surface area contributed by atoms with Crippen LogP contribution in [0.25, 0.3) is 22.3 Å². The van der Waals surface area contributed by atoms with E-state index < -0.39 is 17.9 Å². The van der Waals surface area contributed by atoms with E-state index in [-0.39, 0.29) is 104 Å². The van der Waals surface area contributed by atoms with Crippen LogP contribution in [-0.4, -0.2) is 185 Å². The number of amides is 3. The van der Waals surface area contributed by atoms with Crippen LogP contribution in [0.4, 0.5) is 34.9 Å². The van der Waals surface area contributed by atoms with Gasteiger partial charge in [0.15, 0.2) is 34.0 Å². The number of aromatic nitrogens is 8. The molecule has 0 radical (unpaired) electrons. The predicted octanol–water partition coefficient (Wildman–Crippen LogP) is 3.38. The van der Waals surface area contributed by atoms with E-state index in [1.54, 1.807) is 55.0 Å². The van der Waals surface area contributed by atoms with E-state index in [1.807, 2.05) is 56.2 Å². The Morgan fingerprint density at radius 1 is 0.741 bits per heavy atom. The van der Waals surface area contributed by atoms with Gasteiger partial charge in [-0.1, -0.05) is 25.4 Å². The van der Waals surface area contributed by atoms with Crippen molar-refractivity contribution in [3.05, 3.63) is 76.8 Å². The SMILES string of the molecule is CC(C)C(CO)Nc1nc(N(C)c2ccc(C(=O)NCCOCCOCCOCCOCCOCCNC(=O)CCC(NC(=O)c3ccc(N(C)Cc4cnc5nc(N)nc(N)c5n4)cc3)C(=O)O)c(Cl)c2)c2ncn(C(C)C)c2n1. The second kappa shape index (κ2) is 31.4. The summed E-state index contributed by atoms with van der Waals surface area (Å²) in [5, 5.41) is 31.2. The first-order chi connectivity index (χ1) is 38.9.